The van der Waals surface area contributed by atoms with Gasteiger partial charge < -0.3 is 10.2 Å². The molecule has 1 aliphatic rings. The van der Waals surface area contributed by atoms with Crippen molar-refractivity contribution in [1.82, 2.24) is 10.3 Å². The highest BCUT2D eigenvalue weighted by Crippen LogP contribution is 2.24. The third-order valence-corrected chi connectivity index (χ3v) is 3.53. The monoisotopic (exact) mass is 297 g/mol. The van der Waals surface area contributed by atoms with Crippen LogP contribution < -0.4 is 10.2 Å². The van der Waals surface area contributed by atoms with Crippen molar-refractivity contribution in [3.63, 3.8) is 0 Å². The molecule has 0 aliphatic carbocycles. The molecular weight excluding hydrogens is 282 g/mol. The molecule has 1 aliphatic heterocycles. The average Bonchev–Trinajstić information content (AvgIpc) is 2.39. The van der Waals surface area contributed by atoms with Gasteiger partial charge in [0.05, 0.1) is 0 Å². The fraction of sp³-hybridized carbons (Fsp3) is 0.500. The summed E-state index contributed by atoms with van der Waals surface area (Å²) in [6, 6.07) is 3.82. The number of pyridine rings is 1. The Kier molecular flexibility index (Phi) is 3.99. The Morgan fingerprint density at radius 1 is 1.53 bits per heavy atom. The van der Waals surface area contributed by atoms with Crippen molar-refractivity contribution < 1.29 is 4.79 Å². The van der Waals surface area contributed by atoms with Gasteiger partial charge in [-0.15, -0.1) is 0 Å². The summed E-state index contributed by atoms with van der Waals surface area (Å²) in [5, 5.41) is 2.73. The van der Waals surface area contributed by atoms with Crippen LogP contribution in [0.4, 0.5) is 5.82 Å². The normalized spacial score (nSPS) is 20.1. The van der Waals surface area contributed by atoms with E-state index < -0.39 is 0 Å². The molecule has 0 radical (unpaired) electrons. The van der Waals surface area contributed by atoms with Gasteiger partial charge >= 0.3 is 0 Å². The van der Waals surface area contributed by atoms with Crippen LogP contribution in [-0.2, 0) is 4.79 Å². The number of piperidine rings is 1. The van der Waals surface area contributed by atoms with E-state index in [9.17, 15) is 4.79 Å². The van der Waals surface area contributed by atoms with Crippen molar-refractivity contribution in [3.8, 4) is 0 Å². The summed E-state index contributed by atoms with van der Waals surface area (Å²) < 4.78 is 0.953. The number of carbonyl (C=O) groups is 1. The molecule has 5 heteroatoms. The second kappa shape index (κ2) is 5.49. The summed E-state index contributed by atoms with van der Waals surface area (Å²) >= 11 is 3.37. The largest absolute Gasteiger partial charge is 0.357 e. The molecule has 0 saturated carbocycles. The fourth-order valence-electron chi connectivity index (χ4n) is 2.18. The fourth-order valence-corrected chi connectivity index (χ4v) is 2.42. The lowest BCUT2D eigenvalue weighted by Crippen LogP contribution is -2.49. The van der Waals surface area contributed by atoms with E-state index >= 15 is 0 Å². The van der Waals surface area contributed by atoms with Gasteiger partial charge in [0, 0.05) is 24.3 Å². The summed E-state index contributed by atoms with van der Waals surface area (Å²) in [6.45, 7) is 0.896. The summed E-state index contributed by atoms with van der Waals surface area (Å²) in [6.07, 6.45) is 4.89. The van der Waals surface area contributed by atoms with Gasteiger partial charge in [-0.3, -0.25) is 4.79 Å². The van der Waals surface area contributed by atoms with Gasteiger partial charge in [-0.2, -0.15) is 0 Å². The number of hydrogen-bond donors (Lipinski definition) is 1. The summed E-state index contributed by atoms with van der Waals surface area (Å²) in [4.78, 5) is 18.3. The quantitative estimate of drug-likeness (QED) is 0.907. The highest BCUT2D eigenvalue weighted by Gasteiger charge is 2.28. The molecule has 1 saturated heterocycles. The zero-order chi connectivity index (χ0) is 12.3. The molecule has 1 aromatic rings. The molecule has 0 bridgehead atoms. The van der Waals surface area contributed by atoms with Crippen LogP contribution in [0.15, 0.2) is 22.8 Å². The Bertz CT molecular complexity index is 393. The van der Waals surface area contributed by atoms with E-state index in [1.165, 1.54) is 0 Å². The van der Waals surface area contributed by atoms with Crippen LogP contribution in [0.2, 0.25) is 0 Å². The van der Waals surface area contributed by atoms with Crippen LogP contribution in [0.5, 0.6) is 0 Å². The highest BCUT2D eigenvalue weighted by atomic mass is 79.9. The van der Waals surface area contributed by atoms with E-state index in [0.29, 0.717) is 0 Å². The Morgan fingerprint density at radius 3 is 3.00 bits per heavy atom. The van der Waals surface area contributed by atoms with Gasteiger partial charge in [0.25, 0.3) is 0 Å². The summed E-state index contributed by atoms with van der Waals surface area (Å²) in [7, 11) is 1.68. The van der Waals surface area contributed by atoms with Gasteiger partial charge in [0.2, 0.25) is 5.91 Å². The maximum Gasteiger partial charge on any atom is 0.242 e. The zero-order valence-electron chi connectivity index (χ0n) is 9.82. The predicted octanol–water partition coefficient (Wildman–Crippen LogP) is 1.95. The number of anilines is 1. The number of amides is 1. The van der Waals surface area contributed by atoms with E-state index in [0.717, 1.165) is 36.1 Å². The molecule has 1 amide bonds. The highest BCUT2D eigenvalue weighted by molar-refractivity contribution is 9.10. The van der Waals surface area contributed by atoms with Gasteiger partial charge in [0.1, 0.15) is 11.9 Å². The van der Waals surface area contributed by atoms with E-state index in [1.54, 1.807) is 13.2 Å². The predicted molar refractivity (Wildman–Crippen MR) is 71.0 cm³/mol. The summed E-state index contributed by atoms with van der Waals surface area (Å²) in [5.74, 6) is 0.955. The first-order valence-electron chi connectivity index (χ1n) is 5.82. The van der Waals surface area contributed by atoms with Gasteiger partial charge in [-0.25, -0.2) is 4.98 Å². The minimum atomic E-state index is -0.0811. The third kappa shape index (κ3) is 2.77. The van der Waals surface area contributed by atoms with E-state index in [2.05, 4.69) is 31.1 Å². The first kappa shape index (κ1) is 12.4. The van der Waals surface area contributed by atoms with Crippen LogP contribution >= 0.6 is 15.9 Å². The molecule has 1 aromatic heterocycles. The van der Waals surface area contributed by atoms with Crippen molar-refractivity contribution >= 4 is 27.7 Å². The Balaban J connectivity index is 2.21. The van der Waals surface area contributed by atoms with Crippen LogP contribution in [0.1, 0.15) is 19.3 Å². The Morgan fingerprint density at radius 2 is 2.35 bits per heavy atom. The molecule has 1 N–H and O–H groups in total. The Labute approximate surface area is 110 Å². The van der Waals surface area contributed by atoms with Crippen molar-refractivity contribution in [2.45, 2.75) is 25.3 Å². The smallest absolute Gasteiger partial charge is 0.242 e. The number of nitrogens with one attached hydrogen (secondary N) is 1. The minimum Gasteiger partial charge on any atom is -0.357 e. The third-order valence-electron chi connectivity index (χ3n) is 3.06. The van der Waals surface area contributed by atoms with Gasteiger partial charge in [0.15, 0.2) is 0 Å². The van der Waals surface area contributed by atoms with Crippen molar-refractivity contribution in [3.05, 3.63) is 22.8 Å². The lowest BCUT2D eigenvalue weighted by Gasteiger charge is -2.35. The molecule has 1 unspecified atom stereocenters. The maximum atomic E-state index is 11.8. The molecule has 0 spiro atoms. The van der Waals surface area contributed by atoms with Gasteiger partial charge in [-0.05, 0) is 47.3 Å². The van der Waals surface area contributed by atoms with E-state index in [1.807, 2.05) is 12.1 Å². The first-order valence-corrected chi connectivity index (χ1v) is 6.61. The Hall–Kier alpha value is -1.10. The van der Waals surface area contributed by atoms with Crippen molar-refractivity contribution in [2.24, 2.45) is 0 Å². The lowest BCUT2D eigenvalue weighted by atomic mass is 10.0. The standard InChI is InChI=1S/C12H16BrN3O/c1-14-12(17)10-4-2-3-7-16(10)11-6-5-9(13)8-15-11/h5-6,8,10H,2-4,7H2,1H3,(H,14,17). The second-order valence-corrected chi connectivity index (χ2v) is 5.07. The molecule has 1 atom stereocenters. The molecule has 2 heterocycles. The average molecular weight is 298 g/mol. The minimum absolute atomic E-state index is 0.0782. The molecule has 0 aromatic carbocycles. The number of likely N-dealkylation sites (N-methyl/N-ethyl adjacent to an activating group) is 1. The molecule has 4 nitrogen and oxygen atoms in total. The molecular formula is C12H16BrN3O. The van der Waals surface area contributed by atoms with Crippen molar-refractivity contribution in [2.75, 3.05) is 18.5 Å². The number of carbonyl (C=O) groups excluding carboxylic acids is 1. The van der Waals surface area contributed by atoms with E-state index in [-0.39, 0.29) is 11.9 Å². The van der Waals surface area contributed by atoms with Crippen LogP contribution in [0.3, 0.4) is 0 Å². The van der Waals surface area contributed by atoms with Crippen LogP contribution in [0, 0.1) is 0 Å². The lowest BCUT2D eigenvalue weighted by molar-refractivity contribution is -0.122. The SMILES string of the molecule is CNC(=O)C1CCCCN1c1ccc(Br)cn1. The number of hydrogen-bond acceptors (Lipinski definition) is 3. The first-order chi connectivity index (χ1) is 8.22. The molecule has 17 heavy (non-hydrogen) atoms. The number of rotatable bonds is 2. The zero-order valence-corrected chi connectivity index (χ0v) is 11.4. The number of halogens is 1. The molecule has 92 valence electrons. The summed E-state index contributed by atoms with van der Waals surface area (Å²) in [5.41, 5.74) is 0. The van der Waals surface area contributed by atoms with Crippen LogP contribution in [-0.4, -0.2) is 30.5 Å². The maximum absolute atomic E-state index is 11.8. The van der Waals surface area contributed by atoms with Crippen LogP contribution in [0.25, 0.3) is 0 Å². The molecule has 1 fully saturated rings. The molecule has 2 rings (SSSR count). The topological polar surface area (TPSA) is 45.2 Å². The number of nitrogens with zero attached hydrogens (tertiary/aromatic N) is 2. The number of aromatic nitrogens is 1. The van der Waals surface area contributed by atoms with Crippen molar-refractivity contribution in [1.29, 1.82) is 0 Å². The van der Waals surface area contributed by atoms with E-state index in [4.69, 9.17) is 0 Å². The second-order valence-electron chi connectivity index (χ2n) is 4.15. The van der Waals surface area contributed by atoms with Gasteiger partial charge in [-0.1, -0.05) is 0 Å².